The van der Waals surface area contributed by atoms with Gasteiger partial charge in [-0.3, -0.25) is 0 Å². The van der Waals surface area contributed by atoms with Crippen molar-refractivity contribution in [3.8, 4) is 17.1 Å². The number of carbonyl (C=O) groups is 1. The third-order valence-electron chi connectivity index (χ3n) is 4.99. The second-order valence-electron chi connectivity index (χ2n) is 7.17. The lowest BCUT2D eigenvalue weighted by molar-refractivity contribution is 0.0526. The second-order valence-corrected chi connectivity index (χ2v) is 7.17. The number of imidazole rings is 1. The third-order valence-corrected chi connectivity index (χ3v) is 4.99. The van der Waals surface area contributed by atoms with Gasteiger partial charge in [0.25, 0.3) is 0 Å². The lowest BCUT2D eigenvalue weighted by Gasteiger charge is -2.04. The summed E-state index contributed by atoms with van der Waals surface area (Å²) in [5.74, 6) is 0.335. The van der Waals surface area contributed by atoms with Crippen LogP contribution < -0.4 is 5.55 Å². The van der Waals surface area contributed by atoms with Crippen LogP contribution in [0.5, 0.6) is 5.75 Å². The van der Waals surface area contributed by atoms with Crippen LogP contribution in [0, 0.1) is 0 Å². The average molecular weight is 425 g/mol. The maximum absolute atomic E-state index is 11.9. The summed E-state index contributed by atoms with van der Waals surface area (Å²) in [7, 11) is 0. The Morgan fingerprint density at radius 3 is 2.69 bits per heavy atom. The summed E-state index contributed by atoms with van der Waals surface area (Å²) < 4.78 is 11.1. The first kappa shape index (κ1) is 19.6. The van der Waals surface area contributed by atoms with E-state index in [0.717, 1.165) is 16.4 Å². The van der Waals surface area contributed by atoms with Crippen LogP contribution in [0.25, 0.3) is 33.4 Å². The zero-order valence-corrected chi connectivity index (χ0v) is 17.2. The van der Waals surface area contributed by atoms with E-state index in [0.29, 0.717) is 40.4 Å². The number of rotatable bonds is 4. The summed E-state index contributed by atoms with van der Waals surface area (Å²) in [6.45, 7) is 2.08. The summed E-state index contributed by atoms with van der Waals surface area (Å²) in [5, 5.41) is 10.7. The fourth-order valence-electron chi connectivity index (χ4n) is 3.44. The number of benzene rings is 3. The molecule has 0 spiro atoms. The molecule has 2 aromatic heterocycles. The highest BCUT2D eigenvalue weighted by Gasteiger charge is 2.12. The van der Waals surface area contributed by atoms with Crippen molar-refractivity contribution in [2.75, 3.05) is 6.61 Å². The van der Waals surface area contributed by atoms with E-state index in [9.17, 15) is 9.90 Å². The Bertz CT molecular complexity index is 1480. The van der Waals surface area contributed by atoms with Gasteiger partial charge in [0.1, 0.15) is 17.2 Å². The number of esters is 1. The predicted octanol–water partition coefficient (Wildman–Crippen LogP) is 5.09. The molecule has 0 saturated carbocycles. The molecule has 0 unspecified atom stereocenters. The molecule has 2 N–H and O–H groups in total. The highest BCUT2D eigenvalue weighted by molar-refractivity contribution is 5.89. The van der Waals surface area contributed by atoms with Crippen molar-refractivity contribution in [3.05, 3.63) is 83.9 Å². The smallest absolute Gasteiger partial charge is 0.338 e. The number of nitrogens with one attached hydrogen (secondary N) is 1. The first-order valence-electron chi connectivity index (χ1n) is 10.1. The van der Waals surface area contributed by atoms with Crippen LogP contribution >= 0.6 is 0 Å². The van der Waals surface area contributed by atoms with E-state index in [1.165, 1.54) is 0 Å². The fraction of sp³-hybridized carbons (Fsp3) is 0.0800. The fourth-order valence-corrected chi connectivity index (χ4v) is 3.44. The van der Waals surface area contributed by atoms with Crippen LogP contribution in [0.4, 0.5) is 5.69 Å². The molecule has 158 valence electrons. The molecule has 0 radical (unpaired) electrons. The largest absolute Gasteiger partial charge is 0.508 e. The van der Waals surface area contributed by atoms with Crippen molar-refractivity contribution in [1.29, 1.82) is 0 Å². The molecule has 0 saturated heterocycles. The number of ether oxygens (including phenoxy) is 1. The Morgan fingerprint density at radius 2 is 1.91 bits per heavy atom. The van der Waals surface area contributed by atoms with Crippen molar-refractivity contribution in [1.82, 2.24) is 9.97 Å². The van der Waals surface area contributed by atoms with Crippen molar-refractivity contribution in [2.45, 2.75) is 6.92 Å². The maximum Gasteiger partial charge on any atom is 0.338 e. The molecule has 0 amide bonds. The van der Waals surface area contributed by atoms with Gasteiger partial charge in [-0.05, 0) is 61.5 Å². The minimum absolute atomic E-state index is 0.0995. The molecule has 2 heterocycles. The molecule has 5 rings (SSSR count). The van der Waals surface area contributed by atoms with E-state index >= 15 is 0 Å². The van der Waals surface area contributed by atoms with Gasteiger partial charge in [-0.2, -0.15) is 0 Å². The summed E-state index contributed by atoms with van der Waals surface area (Å²) in [6, 6.07) is 21.3. The number of H-pyrrole nitrogens is 1. The topological polar surface area (TPSA) is 101 Å². The van der Waals surface area contributed by atoms with Gasteiger partial charge in [-0.15, -0.1) is 0 Å². The van der Waals surface area contributed by atoms with Crippen molar-refractivity contribution in [3.63, 3.8) is 0 Å². The van der Waals surface area contributed by atoms with Gasteiger partial charge in [0.2, 0.25) is 5.55 Å². The summed E-state index contributed by atoms with van der Waals surface area (Å²) in [5.41, 5.74) is 4.27. The first-order valence-corrected chi connectivity index (χ1v) is 10.1. The normalized spacial score (nSPS) is 11.8. The zero-order valence-electron chi connectivity index (χ0n) is 17.2. The number of fused-ring (bicyclic) bond motifs is 2. The zero-order chi connectivity index (χ0) is 22.1. The van der Waals surface area contributed by atoms with Crippen molar-refractivity contribution < 1.29 is 19.1 Å². The molecule has 0 aliphatic heterocycles. The average Bonchev–Trinajstić information content (AvgIpc) is 3.23. The number of carbonyl (C=O) groups excluding carboxylic acids is 1. The second kappa shape index (κ2) is 8.03. The Hall–Kier alpha value is -4.39. The number of aromatic hydroxyl groups is 1. The van der Waals surface area contributed by atoms with Gasteiger partial charge in [-0.25, -0.2) is 14.8 Å². The lowest BCUT2D eigenvalue weighted by Crippen LogP contribution is -2.07. The minimum Gasteiger partial charge on any atom is -0.508 e. The third kappa shape index (κ3) is 3.72. The number of nitrogens with zero attached hydrogens (tertiary/aromatic N) is 2. The molecule has 0 bridgehead atoms. The van der Waals surface area contributed by atoms with Gasteiger partial charge in [0.05, 0.1) is 34.5 Å². The monoisotopic (exact) mass is 425 g/mol. The predicted molar refractivity (Wildman–Crippen MR) is 121 cm³/mol. The van der Waals surface area contributed by atoms with Gasteiger partial charge in [0.15, 0.2) is 0 Å². The quantitative estimate of drug-likeness (QED) is 0.391. The Morgan fingerprint density at radius 1 is 1.09 bits per heavy atom. The molecule has 0 aliphatic carbocycles. The van der Waals surface area contributed by atoms with Gasteiger partial charge in [-0.1, -0.05) is 12.1 Å². The highest BCUT2D eigenvalue weighted by atomic mass is 16.5. The van der Waals surface area contributed by atoms with Crippen LogP contribution in [0.2, 0.25) is 0 Å². The Kier molecular flexibility index (Phi) is 4.91. The van der Waals surface area contributed by atoms with Crippen LogP contribution in [-0.4, -0.2) is 27.7 Å². The lowest BCUT2D eigenvalue weighted by atomic mass is 10.1. The van der Waals surface area contributed by atoms with Crippen LogP contribution in [0.15, 0.2) is 82.2 Å². The van der Waals surface area contributed by atoms with Gasteiger partial charge < -0.3 is 19.2 Å². The number of para-hydroxylation sites is 2. The van der Waals surface area contributed by atoms with Crippen LogP contribution in [0.1, 0.15) is 17.3 Å². The van der Waals surface area contributed by atoms with E-state index in [-0.39, 0.29) is 11.7 Å². The Balaban J connectivity index is 1.68. The van der Waals surface area contributed by atoms with Gasteiger partial charge in [0, 0.05) is 11.5 Å². The van der Waals surface area contributed by atoms with E-state index in [2.05, 4.69) is 15.0 Å². The van der Waals surface area contributed by atoms with Crippen LogP contribution in [0.3, 0.4) is 0 Å². The number of aromatic amines is 1. The standard InChI is InChI=1S/C25H19N3O4/c1-2-31-25(30)15-7-10-17(11-8-15)26-24-19(13-16-9-12-18(29)14-22(16)32-24)23-27-20-5-3-4-6-21(20)28-23/h3-14,29H,2H2,1H3,(H,27,28). The molecule has 0 atom stereocenters. The Labute approximate surface area is 182 Å². The molecule has 5 aromatic rings. The van der Waals surface area contributed by atoms with Gasteiger partial charge >= 0.3 is 5.97 Å². The van der Waals surface area contributed by atoms with Crippen LogP contribution in [-0.2, 0) is 4.74 Å². The number of aromatic nitrogens is 2. The number of phenols is 1. The first-order chi connectivity index (χ1) is 15.6. The van der Waals surface area contributed by atoms with Crippen molar-refractivity contribution in [2.24, 2.45) is 4.99 Å². The maximum atomic E-state index is 11.9. The molecule has 0 aliphatic rings. The molecule has 32 heavy (non-hydrogen) atoms. The number of phenolic OH excluding ortho intramolecular Hbond substituents is 1. The molecule has 0 fully saturated rings. The molecule has 7 heteroatoms. The summed E-state index contributed by atoms with van der Waals surface area (Å²) >= 11 is 0. The number of hydrogen-bond donors (Lipinski definition) is 2. The SMILES string of the molecule is CCOC(=O)c1ccc(N=c2oc3cc(O)ccc3cc2-c2nc3ccccc3[nH]2)cc1. The molecule has 3 aromatic carbocycles. The van der Waals surface area contributed by atoms with E-state index in [1.54, 1.807) is 49.4 Å². The highest BCUT2D eigenvalue weighted by Crippen LogP contribution is 2.25. The molecule has 7 nitrogen and oxygen atoms in total. The number of hydrogen-bond acceptors (Lipinski definition) is 6. The van der Waals surface area contributed by atoms with E-state index in [4.69, 9.17) is 9.15 Å². The minimum atomic E-state index is -0.382. The molecular weight excluding hydrogens is 406 g/mol. The van der Waals surface area contributed by atoms with E-state index in [1.807, 2.05) is 30.3 Å². The van der Waals surface area contributed by atoms with E-state index < -0.39 is 0 Å². The summed E-state index contributed by atoms with van der Waals surface area (Å²) in [6.07, 6.45) is 0. The van der Waals surface area contributed by atoms with Crippen molar-refractivity contribution >= 4 is 33.7 Å². The summed E-state index contributed by atoms with van der Waals surface area (Å²) in [4.78, 5) is 24.6. The molecular formula is C25H19N3O4.